The molecule has 8 heteroatoms. The lowest BCUT2D eigenvalue weighted by atomic mass is 9.54. The molecule has 0 atom stereocenters. The van der Waals surface area contributed by atoms with Crippen molar-refractivity contribution in [2.75, 3.05) is 6.61 Å². The number of nitrogens with one attached hydrogen (secondary N) is 1. The first-order valence-electron chi connectivity index (χ1n) is 10.6. The van der Waals surface area contributed by atoms with E-state index in [1.165, 1.54) is 30.1 Å². The number of halogens is 2. The minimum Gasteiger partial charge on any atom is -0.360 e. The van der Waals surface area contributed by atoms with Crippen LogP contribution in [-0.2, 0) is 17.9 Å². The summed E-state index contributed by atoms with van der Waals surface area (Å²) in [6.45, 7) is 10.8. The smallest absolute Gasteiger partial charge is 0.159 e. The molecule has 2 heterocycles. The highest BCUT2D eigenvalue weighted by Crippen LogP contribution is 2.59. The van der Waals surface area contributed by atoms with E-state index in [2.05, 4.69) is 52.2 Å². The summed E-state index contributed by atoms with van der Waals surface area (Å²) in [5, 5.41) is 5.65. The van der Waals surface area contributed by atoms with Gasteiger partial charge in [0.2, 0.25) is 0 Å². The summed E-state index contributed by atoms with van der Waals surface area (Å²) < 4.78 is 9.09. The van der Waals surface area contributed by atoms with Crippen molar-refractivity contribution in [3.63, 3.8) is 0 Å². The van der Waals surface area contributed by atoms with Crippen molar-refractivity contribution in [1.29, 1.82) is 0 Å². The van der Waals surface area contributed by atoms with Crippen LogP contribution in [-0.4, -0.2) is 34.4 Å². The summed E-state index contributed by atoms with van der Waals surface area (Å²) in [6.07, 6.45) is 3.54. The molecule has 0 spiro atoms. The van der Waals surface area contributed by atoms with Crippen molar-refractivity contribution < 1.29 is 4.74 Å². The van der Waals surface area contributed by atoms with E-state index >= 15 is 0 Å². The zero-order valence-corrected chi connectivity index (χ0v) is 21.3. The van der Waals surface area contributed by atoms with Gasteiger partial charge in [0.05, 0.1) is 10.5 Å². The van der Waals surface area contributed by atoms with Gasteiger partial charge in [0.1, 0.15) is 17.9 Å². The van der Waals surface area contributed by atoms with Crippen LogP contribution in [0.4, 0.5) is 0 Å². The third kappa shape index (κ3) is 3.68. The van der Waals surface area contributed by atoms with Crippen LogP contribution in [0, 0.1) is 5.41 Å². The maximum atomic E-state index is 6.43. The van der Waals surface area contributed by atoms with Crippen molar-refractivity contribution in [3.8, 4) is 11.5 Å². The maximum absolute atomic E-state index is 6.43. The predicted molar refractivity (Wildman–Crippen MR) is 128 cm³/mol. The number of ether oxygens (including phenoxy) is 1. The molecule has 1 saturated carbocycles. The number of benzene rings is 1. The molecule has 3 aromatic rings. The molecule has 2 aromatic heterocycles. The lowest BCUT2D eigenvalue weighted by molar-refractivity contribution is 0.0639. The monoisotopic (exact) mass is 506 g/mol. The Labute approximate surface area is 191 Å². The fourth-order valence-electron chi connectivity index (χ4n) is 4.97. The van der Waals surface area contributed by atoms with Gasteiger partial charge in [0.15, 0.2) is 5.82 Å². The van der Waals surface area contributed by atoms with E-state index in [9.17, 15) is 0 Å². The summed E-state index contributed by atoms with van der Waals surface area (Å²) in [5.41, 5.74) is 5.78. The highest BCUT2D eigenvalue weighted by atomic mass is 79.9. The van der Waals surface area contributed by atoms with E-state index in [0.717, 1.165) is 40.1 Å². The molecule has 30 heavy (non-hydrogen) atoms. The van der Waals surface area contributed by atoms with Crippen molar-refractivity contribution in [3.05, 3.63) is 32.9 Å². The lowest BCUT2D eigenvalue weighted by Gasteiger charge is -2.50. The molecule has 5 nitrogen and oxygen atoms in total. The maximum Gasteiger partial charge on any atom is 0.159 e. The summed E-state index contributed by atoms with van der Waals surface area (Å²) in [6, 6.07) is 5.06. The summed E-state index contributed by atoms with van der Waals surface area (Å²) >= 11 is 9.95. The molecule has 3 aliphatic rings. The number of fused-ring (bicyclic) bond motifs is 1. The average Bonchev–Trinajstić information content (AvgIpc) is 3.18. The van der Waals surface area contributed by atoms with Crippen LogP contribution < -0.4 is 0 Å². The molecule has 0 aliphatic heterocycles. The second-order valence-electron chi connectivity index (χ2n) is 10.5. The number of imidazole rings is 1. The zero-order chi connectivity index (χ0) is 21.3. The lowest BCUT2D eigenvalue weighted by Crippen LogP contribution is -2.40. The molecule has 160 valence electrons. The largest absolute Gasteiger partial charge is 0.360 e. The number of rotatable bonds is 6. The fraction of sp³-hybridized carbons (Fsp3) is 0.545. The van der Waals surface area contributed by atoms with E-state index in [0.29, 0.717) is 23.1 Å². The number of aromatic amines is 1. The quantitative estimate of drug-likeness (QED) is 0.302. The number of hydrogen-bond acceptors (Lipinski definition) is 3. The van der Waals surface area contributed by atoms with Gasteiger partial charge in [-0.1, -0.05) is 54.1 Å². The highest BCUT2D eigenvalue weighted by molar-refractivity contribution is 9.10. The Hall–Kier alpha value is -1.15. The van der Waals surface area contributed by atoms with Gasteiger partial charge in [-0.2, -0.15) is 5.10 Å². The first-order valence-corrected chi connectivity index (χ1v) is 15.5. The Morgan fingerprint density at radius 1 is 1.33 bits per heavy atom. The van der Waals surface area contributed by atoms with Gasteiger partial charge in [0, 0.05) is 30.4 Å². The van der Waals surface area contributed by atoms with Gasteiger partial charge in [-0.15, -0.1) is 0 Å². The van der Waals surface area contributed by atoms with E-state index in [4.69, 9.17) is 26.4 Å². The minimum atomic E-state index is -1.10. The Bertz CT molecular complexity index is 1130. The van der Waals surface area contributed by atoms with Crippen molar-refractivity contribution in [1.82, 2.24) is 19.7 Å². The molecule has 0 radical (unpaired) electrons. The number of aromatic nitrogens is 4. The standard InChI is InChI=1S/C22H28BrClN4OSi/c1-22-9-13(10-22)18-17(11-22)28(12-29-5-6-30(2,3)4)27-20(18)21-25-16-8-14(23)7-15(24)19(16)26-21/h7-8,13H,5-6,9-12H2,1-4H3,(H,25,26). The number of nitrogens with zero attached hydrogens (tertiary/aromatic N) is 3. The molecule has 3 aliphatic carbocycles. The molecule has 0 unspecified atom stereocenters. The van der Waals surface area contributed by atoms with Crippen LogP contribution >= 0.6 is 27.5 Å². The molecule has 0 saturated heterocycles. The van der Waals surface area contributed by atoms with Crippen molar-refractivity contribution in [2.45, 2.75) is 64.5 Å². The van der Waals surface area contributed by atoms with Crippen LogP contribution in [0.3, 0.4) is 0 Å². The Morgan fingerprint density at radius 2 is 2.10 bits per heavy atom. The van der Waals surface area contributed by atoms with Gasteiger partial charge >= 0.3 is 0 Å². The van der Waals surface area contributed by atoms with Crippen LogP contribution in [0.15, 0.2) is 16.6 Å². The van der Waals surface area contributed by atoms with Crippen LogP contribution in [0.1, 0.15) is 36.9 Å². The van der Waals surface area contributed by atoms with Gasteiger partial charge in [0.25, 0.3) is 0 Å². The Balaban J connectivity index is 1.51. The molecule has 1 N–H and O–H groups in total. The van der Waals surface area contributed by atoms with E-state index < -0.39 is 8.07 Å². The molecule has 0 amide bonds. The van der Waals surface area contributed by atoms with Crippen LogP contribution in [0.5, 0.6) is 0 Å². The molecular formula is C22H28BrClN4OSi. The predicted octanol–water partition coefficient (Wildman–Crippen LogP) is 6.59. The number of hydrogen-bond donors (Lipinski definition) is 1. The van der Waals surface area contributed by atoms with E-state index in [1.807, 2.05) is 12.1 Å². The topological polar surface area (TPSA) is 55.7 Å². The van der Waals surface area contributed by atoms with E-state index in [-0.39, 0.29) is 0 Å². The molecule has 1 aromatic carbocycles. The van der Waals surface area contributed by atoms with Crippen LogP contribution in [0.25, 0.3) is 22.6 Å². The van der Waals surface area contributed by atoms with Gasteiger partial charge in [-0.3, -0.25) is 0 Å². The Morgan fingerprint density at radius 3 is 2.83 bits per heavy atom. The molecule has 1 fully saturated rings. The second kappa shape index (κ2) is 7.19. The second-order valence-corrected chi connectivity index (χ2v) is 17.5. The molecular weight excluding hydrogens is 480 g/mol. The highest BCUT2D eigenvalue weighted by Gasteiger charge is 2.49. The van der Waals surface area contributed by atoms with Crippen molar-refractivity contribution >= 4 is 46.6 Å². The van der Waals surface area contributed by atoms with Gasteiger partial charge in [-0.25, -0.2) is 9.67 Å². The average molecular weight is 508 g/mol. The minimum absolute atomic E-state index is 0.410. The summed E-state index contributed by atoms with van der Waals surface area (Å²) in [5.74, 6) is 1.37. The zero-order valence-electron chi connectivity index (χ0n) is 18.0. The van der Waals surface area contributed by atoms with E-state index in [1.54, 1.807) is 0 Å². The van der Waals surface area contributed by atoms with Crippen molar-refractivity contribution in [2.24, 2.45) is 5.41 Å². The van der Waals surface area contributed by atoms with Gasteiger partial charge < -0.3 is 9.72 Å². The third-order valence-corrected chi connectivity index (χ3v) is 8.97. The number of H-pyrrole nitrogens is 1. The van der Waals surface area contributed by atoms with Gasteiger partial charge in [-0.05, 0) is 48.8 Å². The molecule has 2 bridgehead atoms. The molecule has 6 rings (SSSR count). The summed E-state index contributed by atoms with van der Waals surface area (Å²) in [4.78, 5) is 8.28. The normalized spacial score (nSPS) is 22.9. The fourth-order valence-corrected chi connectivity index (χ4v) is 6.58. The summed E-state index contributed by atoms with van der Waals surface area (Å²) in [7, 11) is -1.10. The first kappa shape index (κ1) is 20.7. The third-order valence-electron chi connectivity index (χ3n) is 6.52. The van der Waals surface area contributed by atoms with Crippen LogP contribution in [0.2, 0.25) is 30.7 Å². The Kier molecular flexibility index (Phi) is 4.97. The SMILES string of the molecule is CC12Cc3c(c(-c4nc5c(Cl)cc(Br)cc5[nH]4)nn3COCC[Si](C)(C)C)C(C1)C2. The first-order chi connectivity index (χ1) is 14.1.